The molecule has 0 saturated heterocycles. The second-order valence-corrected chi connectivity index (χ2v) is 4.92. The zero-order valence-corrected chi connectivity index (χ0v) is 11.5. The lowest BCUT2D eigenvalue weighted by Gasteiger charge is -2.13. The van der Waals surface area contributed by atoms with E-state index in [1.54, 1.807) is 6.08 Å². The molecule has 0 atom stereocenters. The molecule has 0 saturated carbocycles. The van der Waals surface area contributed by atoms with Crippen LogP contribution in [0.25, 0.3) is 11.3 Å². The van der Waals surface area contributed by atoms with Gasteiger partial charge in [0.1, 0.15) is 12.4 Å². The molecule has 0 unspecified atom stereocenters. The maximum atomic E-state index is 5.71. The lowest BCUT2D eigenvalue weighted by molar-refractivity contribution is 0.364. The first kappa shape index (κ1) is 13.4. The first-order chi connectivity index (χ1) is 9.22. The fraction of sp³-hybridized carbons (Fsp3) is 0.312. The molecule has 2 aromatic rings. The van der Waals surface area contributed by atoms with Crippen LogP contribution >= 0.6 is 0 Å². The summed E-state index contributed by atoms with van der Waals surface area (Å²) in [5, 5.41) is 0. The topological polar surface area (TPSA) is 27.1 Å². The third-order valence-electron chi connectivity index (χ3n) is 2.79. The highest BCUT2D eigenvalue weighted by atomic mass is 16.5. The van der Waals surface area contributed by atoms with Crippen molar-refractivity contribution in [3.8, 4) is 17.0 Å². The maximum Gasteiger partial charge on any atom is 0.129 e. The zero-order valence-electron chi connectivity index (χ0n) is 11.5. The van der Waals surface area contributed by atoms with Crippen molar-refractivity contribution in [3.63, 3.8) is 0 Å². The Morgan fingerprint density at radius 2 is 2.16 bits per heavy atom. The standard InChI is InChI=1S/C16H20N2O/c1-4-9-19-16-8-6-5-7-14(16)15-10-17-12-18(15)11-13(2)3/h4-8,10,12-13H,1,9,11H2,2-3H3. The first-order valence-electron chi connectivity index (χ1n) is 6.55. The van der Waals surface area contributed by atoms with Gasteiger partial charge in [-0.25, -0.2) is 4.98 Å². The molecular weight excluding hydrogens is 236 g/mol. The van der Waals surface area contributed by atoms with Crippen LogP contribution < -0.4 is 4.74 Å². The van der Waals surface area contributed by atoms with Crippen LogP contribution in [0.3, 0.4) is 0 Å². The Morgan fingerprint density at radius 1 is 1.37 bits per heavy atom. The van der Waals surface area contributed by atoms with E-state index < -0.39 is 0 Å². The number of rotatable bonds is 6. The molecule has 0 fully saturated rings. The van der Waals surface area contributed by atoms with E-state index in [4.69, 9.17) is 4.74 Å². The third kappa shape index (κ3) is 3.25. The summed E-state index contributed by atoms with van der Waals surface area (Å²) >= 11 is 0. The number of imidazole rings is 1. The Hall–Kier alpha value is -2.03. The molecule has 0 aliphatic carbocycles. The molecule has 0 aliphatic heterocycles. The minimum absolute atomic E-state index is 0.509. The number of hydrogen-bond donors (Lipinski definition) is 0. The van der Waals surface area contributed by atoms with Gasteiger partial charge in [0.15, 0.2) is 0 Å². The summed E-state index contributed by atoms with van der Waals surface area (Å²) in [6, 6.07) is 8.03. The van der Waals surface area contributed by atoms with Gasteiger partial charge in [-0.05, 0) is 18.1 Å². The Morgan fingerprint density at radius 3 is 2.89 bits per heavy atom. The summed E-state index contributed by atoms with van der Waals surface area (Å²) in [7, 11) is 0. The van der Waals surface area contributed by atoms with Gasteiger partial charge in [0.2, 0.25) is 0 Å². The predicted molar refractivity (Wildman–Crippen MR) is 78.2 cm³/mol. The Labute approximate surface area is 114 Å². The van der Waals surface area contributed by atoms with E-state index >= 15 is 0 Å². The largest absolute Gasteiger partial charge is 0.489 e. The maximum absolute atomic E-state index is 5.71. The van der Waals surface area contributed by atoms with Crippen molar-refractivity contribution in [3.05, 3.63) is 49.4 Å². The number of ether oxygens (including phenoxy) is 1. The molecule has 3 nitrogen and oxygen atoms in total. The van der Waals surface area contributed by atoms with Crippen molar-refractivity contribution in [2.75, 3.05) is 6.61 Å². The number of nitrogens with zero attached hydrogens (tertiary/aromatic N) is 2. The van der Waals surface area contributed by atoms with E-state index in [-0.39, 0.29) is 0 Å². The quantitative estimate of drug-likeness (QED) is 0.736. The van der Waals surface area contributed by atoms with Gasteiger partial charge in [-0.2, -0.15) is 0 Å². The summed E-state index contributed by atoms with van der Waals surface area (Å²) in [5.41, 5.74) is 2.16. The number of para-hydroxylation sites is 1. The molecule has 19 heavy (non-hydrogen) atoms. The molecule has 100 valence electrons. The van der Waals surface area contributed by atoms with Gasteiger partial charge >= 0.3 is 0 Å². The van der Waals surface area contributed by atoms with Crippen molar-refractivity contribution in [1.29, 1.82) is 0 Å². The first-order valence-corrected chi connectivity index (χ1v) is 6.55. The summed E-state index contributed by atoms with van der Waals surface area (Å²) in [4.78, 5) is 4.26. The lowest BCUT2D eigenvalue weighted by atomic mass is 10.1. The lowest BCUT2D eigenvalue weighted by Crippen LogP contribution is -2.05. The minimum Gasteiger partial charge on any atom is -0.489 e. The van der Waals surface area contributed by atoms with E-state index in [2.05, 4.69) is 36.0 Å². The zero-order chi connectivity index (χ0) is 13.7. The Kier molecular flexibility index (Phi) is 4.39. The molecule has 0 amide bonds. The van der Waals surface area contributed by atoms with Gasteiger partial charge in [-0.3, -0.25) is 0 Å². The van der Waals surface area contributed by atoms with Crippen molar-refractivity contribution >= 4 is 0 Å². The highest BCUT2D eigenvalue weighted by molar-refractivity contribution is 5.67. The molecule has 3 heteroatoms. The van der Waals surface area contributed by atoms with Crippen LogP contribution in [0, 0.1) is 5.92 Å². The van der Waals surface area contributed by atoms with E-state index in [9.17, 15) is 0 Å². The molecule has 1 aromatic heterocycles. The van der Waals surface area contributed by atoms with Crippen LogP contribution in [0.1, 0.15) is 13.8 Å². The van der Waals surface area contributed by atoms with Crippen molar-refractivity contribution < 1.29 is 4.74 Å². The molecule has 0 spiro atoms. The summed E-state index contributed by atoms with van der Waals surface area (Å²) in [6.45, 7) is 9.54. The van der Waals surface area contributed by atoms with Crippen molar-refractivity contribution in [2.45, 2.75) is 20.4 Å². The fourth-order valence-electron chi connectivity index (χ4n) is 2.04. The minimum atomic E-state index is 0.509. The van der Waals surface area contributed by atoms with Gasteiger partial charge < -0.3 is 9.30 Å². The monoisotopic (exact) mass is 256 g/mol. The van der Waals surface area contributed by atoms with Crippen LogP contribution in [-0.4, -0.2) is 16.2 Å². The fourth-order valence-corrected chi connectivity index (χ4v) is 2.04. The van der Waals surface area contributed by atoms with Gasteiger partial charge in [-0.1, -0.05) is 38.6 Å². The Bertz CT molecular complexity index is 543. The van der Waals surface area contributed by atoms with Crippen LogP contribution in [-0.2, 0) is 6.54 Å². The highest BCUT2D eigenvalue weighted by Crippen LogP contribution is 2.30. The molecule has 1 aromatic carbocycles. The van der Waals surface area contributed by atoms with Crippen LogP contribution in [0.4, 0.5) is 0 Å². The van der Waals surface area contributed by atoms with Crippen LogP contribution in [0.2, 0.25) is 0 Å². The highest BCUT2D eigenvalue weighted by Gasteiger charge is 2.11. The third-order valence-corrected chi connectivity index (χ3v) is 2.79. The molecule has 0 bridgehead atoms. The van der Waals surface area contributed by atoms with Crippen molar-refractivity contribution in [1.82, 2.24) is 9.55 Å². The van der Waals surface area contributed by atoms with E-state index in [0.717, 1.165) is 23.6 Å². The Balaban J connectivity index is 2.35. The van der Waals surface area contributed by atoms with E-state index in [0.29, 0.717) is 12.5 Å². The summed E-state index contributed by atoms with van der Waals surface area (Å²) in [6.07, 6.45) is 5.51. The predicted octanol–water partition coefficient (Wildman–Crippen LogP) is 3.77. The van der Waals surface area contributed by atoms with E-state index in [1.165, 1.54) is 0 Å². The average Bonchev–Trinajstić information content (AvgIpc) is 2.84. The van der Waals surface area contributed by atoms with Gasteiger partial charge in [0, 0.05) is 12.1 Å². The summed E-state index contributed by atoms with van der Waals surface area (Å²) in [5.74, 6) is 1.45. The smallest absolute Gasteiger partial charge is 0.129 e. The molecule has 0 aliphatic rings. The molecule has 2 rings (SSSR count). The molecule has 0 radical (unpaired) electrons. The number of aromatic nitrogens is 2. The molecule has 0 N–H and O–H groups in total. The van der Waals surface area contributed by atoms with Gasteiger partial charge in [0.25, 0.3) is 0 Å². The normalized spacial score (nSPS) is 10.7. The van der Waals surface area contributed by atoms with Crippen LogP contribution in [0.15, 0.2) is 49.4 Å². The molecular formula is C16H20N2O. The summed E-state index contributed by atoms with van der Waals surface area (Å²) < 4.78 is 7.88. The number of hydrogen-bond acceptors (Lipinski definition) is 2. The van der Waals surface area contributed by atoms with Crippen LogP contribution in [0.5, 0.6) is 5.75 Å². The van der Waals surface area contributed by atoms with Gasteiger partial charge in [-0.15, -0.1) is 0 Å². The molecule has 1 heterocycles. The second-order valence-electron chi connectivity index (χ2n) is 4.92. The second kappa shape index (κ2) is 6.23. The number of benzene rings is 1. The van der Waals surface area contributed by atoms with Gasteiger partial charge in [0.05, 0.1) is 18.2 Å². The van der Waals surface area contributed by atoms with Crippen molar-refractivity contribution in [2.24, 2.45) is 5.92 Å². The SMILES string of the molecule is C=CCOc1ccccc1-c1cncn1CC(C)C. The average molecular weight is 256 g/mol. The van der Waals surface area contributed by atoms with E-state index in [1.807, 2.05) is 30.7 Å².